The van der Waals surface area contributed by atoms with Gasteiger partial charge in [-0.2, -0.15) is 0 Å². The predicted molar refractivity (Wildman–Crippen MR) is 130 cm³/mol. The number of ether oxygens (including phenoxy) is 1. The number of carbonyl (C=O) groups excluding carboxylic acids is 2. The molecule has 1 heterocycles. The highest BCUT2D eigenvalue weighted by Crippen LogP contribution is 2.40. The van der Waals surface area contributed by atoms with Crippen molar-refractivity contribution in [3.63, 3.8) is 0 Å². The minimum absolute atomic E-state index is 0.135. The number of rotatable bonds is 8. The molecule has 1 atom stereocenters. The molecule has 0 radical (unpaired) electrons. The Morgan fingerprint density at radius 2 is 1.79 bits per heavy atom. The van der Waals surface area contributed by atoms with Crippen LogP contribution < -0.4 is 4.74 Å². The van der Waals surface area contributed by atoms with Gasteiger partial charge in [-0.1, -0.05) is 38.1 Å². The summed E-state index contributed by atoms with van der Waals surface area (Å²) in [6.07, 6.45) is 0.724. The van der Waals surface area contributed by atoms with Crippen LogP contribution in [0.5, 0.6) is 5.75 Å². The molecule has 1 aliphatic heterocycles. The predicted octanol–water partition coefficient (Wildman–Crippen LogP) is 4.50. The number of aryl methyl sites for hydroxylation is 1. The summed E-state index contributed by atoms with van der Waals surface area (Å²) in [7, 11) is 5.53. The highest BCUT2D eigenvalue weighted by atomic mass is 16.5. The first-order valence-corrected chi connectivity index (χ1v) is 11.3. The fourth-order valence-electron chi connectivity index (χ4n) is 4.25. The van der Waals surface area contributed by atoms with E-state index in [4.69, 9.17) is 4.74 Å². The standard InChI is InChI=1S/C27H34N2O4/c1-17(2)19-8-10-20(11-9-19)24-23(25(30)22-13-12-21(33-6)16-18(22)3)26(31)27(32)29(24)15-7-14-28(4)5/h8-13,16-17,24,30H,7,14-15H2,1-6H3/b25-23-. The van der Waals surface area contributed by atoms with Gasteiger partial charge in [0.25, 0.3) is 11.7 Å². The third kappa shape index (κ3) is 5.11. The van der Waals surface area contributed by atoms with Crippen molar-refractivity contribution < 1.29 is 19.4 Å². The van der Waals surface area contributed by atoms with Gasteiger partial charge in [0, 0.05) is 12.1 Å². The summed E-state index contributed by atoms with van der Waals surface area (Å²) in [5.41, 5.74) is 3.41. The molecule has 1 N–H and O–H groups in total. The molecule has 6 nitrogen and oxygen atoms in total. The largest absolute Gasteiger partial charge is 0.507 e. The van der Waals surface area contributed by atoms with Crippen LogP contribution in [0.1, 0.15) is 54.5 Å². The summed E-state index contributed by atoms with van der Waals surface area (Å²) in [6, 6.07) is 12.6. The zero-order chi connectivity index (χ0) is 24.3. The van der Waals surface area contributed by atoms with E-state index in [0.717, 1.165) is 24.1 Å². The second kappa shape index (κ2) is 10.2. The van der Waals surface area contributed by atoms with Gasteiger partial charge in [-0.3, -0.25) is 9.59 Å². The van der Waals surface area contributed by atoms with E-state index in [9.17, 15) is 14.7 Å². The number of nitrogens with zero attached hydrogens (tertiary/aromatic N) is 2. The molecule has 2 aromatic rings. The lowest BCUT2D eigenvalue weighted by Crippen LogP contribution is -2.32. The Labute approximate surface area is 196 Å². The number of likely N-dealkylation sites (tertiary alicyclic amines) is 1. The number of amides is 1. The van der Waals surface area contributed by atoms with Crippen LogP contribution in [0.2, 0.25) is 0 Å². The molecule has 0 saturated carbocycles. The van der Waals surface area contributed by atoms with Gasteiger partial charge < -0.3 is 19.6 Å². The summed E-state index contributed by atoms with van der Waals surface area (Å²) in [4.78, 5) is 29.9. The van der Waals surface area contributed by atoms with E-state index in [2.05, 4.69) is 13.8 Å². The van der Waals surface area contributed by atoms with Gasteiger partial charge in [-0.15, -0.1) is 0 Å². The Morgan fingerprint density at radius 1 is 1.12 bits per heavy atom. The van der Waals surface area contributed by atoms with Gasteiger partial charge in [0.05, 0.1) is 18.7 Å². The van der Waals surface area contributed by atoms with Crippen LogP contribution in [0.4, 0.5) is 0 Å². The van der Waals surface area contributed by atoms with Gasteiger partial charge in [0.2, 0.25) is 0 Å². The molecule has 3 rings (SSSR count). The van der Waals surface area contributed by atoms with Crippen molar-refractivity contribution in [3.8, 4) is 5.75 Å². The molecule has 0 aliphatic carbocycles. The lowest BCUT2D eigenvalue weighted by atomic mass is 9.92. The van der Waals surface area contributed by atoms with Crippen molar-refractivity contribution in [3.05, 3.63) is 70.3 Å². The molecule has 1 saturated heterocycles. The van der Waals surface area contributed by atoms with Crippen molar-refractivity contribution in [1.82, 2.24) is 9.80 Å². The lowest BCUT2D eigenvalue weighted by molar-refractivity contribution is -0.139. The van der Waals surface area contributed by atoms with Crippen LogP contribution in [0.25, 0.3) is 5.76 Å². The van der Waals surface area contributed by atoms with Gasteiger partial charge in [-0.05, 0) is 74.8 Å². The first-order chi connectivity index (χ1) is 15.6. The molecule has 1 unspecified atom stereocenters. The van der Waals surface area contributed by atoms with E-state index in [1.807, 2.05) is 50.2 Å². The maximum atomic E-state index is 13.2. The molecule has 1 amide bonds. The number of Topliss-reactive ketones (excluding diaryl/α,β-unsaturated/α-hetero) is 1. The van der Waals surface area contributed by atoms with E-state index >= 15 is 0 Å². The first-order valence-electron chi connectivity index (χ1n) is 11.3. The molecular weight excluding hydrogens is 416 g/mol. The zero-order valence-corrected chi connectivity index (χ0v) is 20.4. The molecule has 0 bridgehead atoms. The maximum Gasteiger partial charge on any atom is 0.295 e. The van der Waals surface area contributed by atoms with Gasteiger partial charge >= 0.3 is 0 Å². The van der Waals surface area contributed by atoms with Crippen LogP contribution in [0.3, 0.4) is 0 Å². The van der Waals surface area contributed by atoms with Gasteiger partial charge in [0.15, 0.2) is 0 Å². The van der Waals surface area contributed by atoms with Crippen molar-refractivity contribution in [2.75, 3.05) is 34.3 Å². The van der Waals surface area contributed by atoms with Crippen LogP contribution in [0, 0.1) is 6.92 Å². The van der Waals surface area contributed by atoms with Gasteiger partial charge in [0.1, 0.15) is 11.5 Å². The van der Waals surface area contributed by atoms with Crippen molar-refractivity contribution in [2.45, 2.75) is 39.2 Å². The number of aliphatic hydroxyl groups is 1. The SMILES string of the molecule is COc1ccc(/C(O)=C2/C(=O)C(=O)N(CCCN(C)C)C2c2ccc(C(C)C)cc2)c(C)c1. The number of aliphatic hydroxyl groups excluding tert-OH is 1. The molecule has 0 aromatic heterocycles. The summed E-state index contributed by atoms with van der Waals surface area (Å²) in [6.45, 7) is 7.30. The van der Waals surface area contributed by atoms with Crippen molar-refractivity contribution in [2.24, 2.45) is 0 Å². The minimum Gasteiger partial charge on any atom is -0.507 e. The van der Waals surface area contributed by atoms with Crippen LogP contribution in [-0.2, 0) is 9.59 Å². The van der Waals surface area contributed by atoms with Gasteiger partial charge in [-0.25, -0.2) is 0 Å². The minimum atomic E-state index is -0.648. The molecule has 0 spiro atoms. The molecule has 1 aliphatic rings. The van der Waals surface area contributed by atoms with Crippen molar-refractivity contribution >= 4 is 17.4 Å². The fraction of sp³-hybridized carbons (Fsp3) is 0.407. The zero-order valence-electron chi connectivity index (χ0n) is 20.4. The Morgan fingerprint density at radius 3 is 2.33 bits per heavy atom. The molecule has 6 heteroatoms. The van der Waals surface area contributed by atoms with Crippen LogP contribution in [0.15, 0.2) is 48.0 Å². The number of carbonyl (C=O) groups is 2. The first kappa shape index (κ1) is 24.5. The van der Waals surface area contributed by atoms with E-state index in [1.54, 1.807) is 30.2 Å². The van der Waals surface area contributed by atoms with Crippen LogP contribution in [-0.4, -0.2) is 60.9 Å². The Hall–Kier alpha value is -3.12. The van der Waals surface area contributed by atoms with Crippen molar-refractivity contribution in [1.29, 1.82) is 0 Å². The van der Waals surface area contributed by atoms with E-state index < -0.39 is 17.7 Å². The molecule has 2 aromatic carbocycles. The average Bonchev–Trinajstić information content (AvgIpc) is 3.03. The molecular formula is C27H34N2O4. The number of methoxy groups -OCH3 is 1. The molecule has 176 valence electrons. The third-order valence-electron chi connectivity index (χ3n) is 6.15. The second-order valence-corrected chi connectivity index (χ2v) is 9.15. The topological polar surface area (TPSA) is 70.1 Å². The monoisotopic (exact) mass is 450 g/mol. The maximum absolute atomic E-state index is 13.2. The summed E-state index contributed by atoms with van der Waals surface area (Å²) in [5.74, 6) is -0.340. The molecule has 33 heavy (non-hydrogen) atoms. The summed E-state index contributed by atoms with van der Waals surface area (Å²) in [5, 5.41) is 11.3. The number of hydrogen-bond donors (Lipinski definition) is 1. The summed E-state index contributed by atoms with van der Waals surface area (Å²) >= 11 is 0. The highest BCUT2D eigenvalue weighted by Gasteiger charge is 2.45. The number of benzene rings is 2. The smallest absolute Gasteiger partial charge is 0.295 e. The number of hydrogen-bond acceptors (Lipinski definition) is 5. The quantitative estimate of drug-likeness (QED) is 0.364. The lowest BCUT2D eigenvalue weighted by Gasteiger charge is -2.26. The summed E-state index contributed by atoms with van der Waals surface area (Å²) < 4.78 is 5.26. The number of ketones is 1. The average molecular weight is 451 g/mol. The fourth-order valence-corrected chi connectivity index (χ4v) is 4.25. The highest BCUT2D eigenvalue weighted by molar-refractivity contribution is 6.46. The Balaban J connectivity index is 2.12. The Kier molecular flexibility index (Phi) is 7.59. The van der Waals surface area contributed by atoms with E-state index in [1.165, 1.54) is 5.56 Å². The Bertz CT molecular complexity index is 1050. The molecule has 1 fully saturated rings. The third-order valence-corrected chi connectivity index (χ3v) is 6.15. The normalized spacial score (nSPS) is 17.9. The van der Waals surface area contributed by atoms with E-state index in [-0.39, 0.29) is 11.3 Å². The van der Waals surface area contributed by atoms with E-state index in [0.29, 0.717) is 23.8 Å². The second-order valence-electron chi connectivity index (χ2n) is 9.15. The van der Waals surface area contributed by atoms with Crippen LogP contribution >= 0.6 is 0 Å².